The van der Waals surface area contributed by atoms with Crippen molar-refractivity contribution in [2.75, 3.05) is 31.7 Å². The van der Waals surface area contributed by atoms with Crippen molar-refractivity contribution >= 4 is 28.3 Å². The van der Waals surface area contributed by atoms with Crippen molar-refractivity contribution in [3.05, 3.63) is 41.8 Å². The second kappa shape index (κ2) is 13.0. The zero-order valence-electron chi connectivity index (χ0n) is 17.1. The lowest BCUT2D eigenvalue weighted by Gasteiger charge is -2.16. The number of ether oxygens (including phenoxy) is 4. The molecular formula is C20H22ClF4N3O4. The van der Waals surface area contributed by atoms with Gasteiger partial charge >= 0.3 is 13.2 Å². The second-order valence-electron chi connectivity index (χ2n) is 6.09. The number of fused-ring (bicyclic) bond motifs is 1. The summed E-state index contributed by atoms with van der Waals surface area (Å²) >= 11 is 5.85. The van der Waals surface area contributed by atoms with Gasteiger partial charge in [0.15, 0.2) is 11.5 Å². The average molecular weight is 480 g/mol. The minimum Gasteiger partial charge on any atom is -0.487 e. The van der Waals surface area contributed by atoms with Crippen LogP contribution in [0.3, 0.4) is 0 Å². The van der Waals surface area contributed by atoms with Crippen LogP contribution in [0.1, 0.15) is 13.3 Å². The molecule has 0 spiro atoms. The van der Waals surface area contributed by atoms with Gasteiger partial charge in [-0.1, -0.05) is 25.1 Å². The Hall–Kier alpha value is -2.63. The minimum absolute atomic E-state index is 0.161. The molecule has 176 valence electrons. The van der Waals surface area contributed by atoms with Crippen molar-refractivity contribution in [3.8, 4) is 11.5 Å². The van der Waals surface area contributed by atoms with E-state index in [4.69, 9.17) is 21.1 Å². The molecule has 0 aliphatic rings. The standard InChI is InChI=1S/C20H22ClF4N3O4/c1-3-13(8-12(2)21)28-18-14-9-16(29-4-6-31-19(22)23)17(10-15(14)26-11-27-18)30-5-7-32-20(24)25/h8-11,19-20H,2-7H2,1H3,(H,26,27,28)/b13-8+. The summed E-state index contributed by atoms with van der Waals surface area (Å²) in [4.78, 5) is 8.42. The van der Waals surface area contributed by atoms with Gasteiger partial charge in [-0.05, 0) is 18.6 Å². The van der Waals surface area contributed by atoms with Crippen LogP contribution in [0.2, 0.25) is 0 Å². The SMILES string of the molecule is C=C(Cl)/C=C(\CC)Nc1ncnc2cc(OCCOC(F)F)c(OCCOC(F)F)cc12. The molecule has 0 bridgehead atoms. The fraction of sp³-hybridized carbons (Fsp3) is 0.400. The summed E-state index contributed by atoms with van der Waals surface area (Å²) < 4.78 is 68.0. The summed E-state index contributed by atoms with van der Waals surface area (Å²) in [6.45, 7) is -1.47. The molecule has 0 saturated carbocycles. The van der Waals surface area contributed by atoms with Crippen molar-refractivity contribution in [3.63, 3.8) is 0 Å². The molecular weight excluding hydrogens is 458 g/mol. The lowest BCUT2D eigenvalue weighted by atomic mass is 10.2. The topological polar surface area (TPSA) is 74.7 Å². The Bertz CT molecular complexity index is 931. The van der Waals surface area contributed by atoms with Crippen LogP contribution in [0, 0.1) is 0 Å². The number of hydrogen-bond donors (Lipinski definition) is 1. The first kappa shape index (κ1) is 25.6. The van der Waals surface area contributed by atoms with Crippen molar-refractivity contribution in [1.29, 1.82) is 0 Å². The Kier molecular flexibility index (Phi) is 10.4. The molecule has 0 fully saturated rings. The third-order valence-electron chi connectivity index (χ3n) is 3.86. The van der Waals surface area contributed by atoms with Gasteiger partial charge in [0, 0.05) is 22.2 Å². The van der Waals surface area contributed by atoms with Crippen LogP contribution in [0.25, 0.3) is 10.9 Å². The number of aromatic nitrogens is 2. The zero-order valence-corrected chi connectivity index (χ0v) is 17.9. The highest BCUT2D eigenvalue weighted by Crippen LogP contribution is 2.34. The molecule has 0 saturated heterocycles. The largest absolute Gasteiger partial charge is 0.487 e. The van der Waals surface area contributed by atoms with Crippen LogP contribution in [-0.2, 0) is 9.47 Å². The van der Waals surface area contributed by atoms with Gasteiger partial charge in [0.1, 0.15) is 25.4 Å². The Balaban J connectivity index is 2.32. The van der Waals surface area contributed by atoms with E-state index in [9.17, 15) is 17.6 Å². The first-order valence-corrected chi connectivity index (χ1v) is 9.83. The Morgan fingerprint density at radius 3 is 2.16 bits per heavy atom. The molecule has 0 radical (unpaired) electrons. The van der Waals surface area contributed by atoms with Crippen LogP contribution in [0.4, 0.5) is 23.4 Å². The second-order valence-corrected chi connectivity index (χ2v) is 6.58. The number of nitrogens with zero attached hydrogens (tertiary/aromatic N) is 2. The van der Waals surface area contributed by atoms with Crippen molar-refractivity contribution < 1.29 is 36.5 Å². The van der Waals surface area contributed by atoms with Crippen LogP contribution in [0.15, 0.2) is 41.8 Å². The van der Waals surface area contributed by atoms with E-state index in [1.807, 2.05) is 6.92 Å². The molecule has 2 rings (SSSR count). The number of hydrogen-bond acceptors (Lipinski definition) is 7. The maximum Gasteiger partial charge on any atom is 0.345 e. The maximum absolute atomic E-state index is 12.2. The van der Waals surface area contributed by atoms with E-state index in [2.05, 4.69) is 31.3 Å². The first-order chi connectivity index (χ1) is 15.3. The Morgan fingerprint density at radius 2 is 1.62 bits per heavy atom. The summed E-state index contributed by atoms with van der Waals surface area (Å²) in [7, 11) is 0. The van der Waals surface area contributed by atoms with Crippen LogP contribution < -0.4 is 14.8 Å². The van der Waals surface area contributed by atoms with Crippen LogP contribution in [-0.4, -0.2) is 49.6 Å². The summed E-state index contributed by atoms with van der Waals surface area (Å²) in [6.07, 6.45) is 3.58. The predicted octanol–water partition coefficient (Wildman–Crippen LogP) is 5.32. The molecule has 1 N–H and O–H groups in total. The molecule has 7 nitrogen and oxygen atoms in total. The highest BCUT2D eigenvalue weighted by atomic mass is 35.5. The van der Waals surface area contributed by atoms with E-state index in [0.717, 1.165) is 5.70 Å². The summed E-state index contributed by atoms with van der Waals surface area (Å²) in [5, 5.41) is 4.00. The minimum atomic E-state index is -2.93. The monoisotopic (exact) mass is 479 g/mol. The number of allylic oxidation sites excluding steroid dienone is 3. The molecule has 0 aliphatic carbocycles. The number of rotatable bonds is 14. The molecule has 12 heteroatoms. The van der Waals surface area contributed by atoms with Gasteiger partial charge in [0.2, 0.25) is 0 Å². The zero-order chi connectivity index (χ0) is 23.5. The Morgan fingerprint density at radius 1 is 1.03 bits per heavy atom. The fourth-order valence-electron chi connectivity index (χ4n) is 2.53. The smallest absolute Gasteiger partial charge is 0.345 e. The fourth-order valence-corrected chi connectivity index (χ4v) is 2.67. The van der Waals surface area contributed by atoms with E-state index >= 15 is 0 Å². The lowest BCUT2D eigenvalue weighted by molar-refractivity contribution is -0.134. The van der Waals surface area contributed by atoms with Gasteiger partial charge in [-0.25, -0.2) is 9.97 Å². The third-order valence-corrected chi connectivity index (χ3v) is 3.97. The lowest BCUT2D eigenvalue weighted by Crippen LogP contribution is -2.12. The Labute approximate surface area is 187 Å². The van der Waals surface area contributed by atoms with Crippen LogP contribution in [0.5, 0.6) is 11.5 Å². The van der Waals surface area contributed by atoms with Gasteiger partial charge in [-0.3, -0.25) is 0 Å². The van der Waals surface area contributed by atoms with E-state index in [-0.39, 0.29) is 37.9 Å². The molecule has 1 aromatic carbocycles. The molecule has 0 amide bonds. The van der Waals surface area contributed by atoms with E-state index in [1.165, 1.54) is 12.4 Å². The average Bonchev–Trinajstić information content (AvgIpc) is 2.73. The van der Waals surface area contributed by atoms with E-state index in [0.29, 0.717) is 28.2 Å². The predicted molar refractivity (Wildman–Crippen MR) is 111 cm³/mol. The van der Waals surface area contributed by atoms with Gasteiger partial charge in [-0.2, -0.15) is 17.6 Å². The number of anilines is 1. The molecule has 0 aliphatic heterocycles. The van der Waals surface area contributed by atoms with E-state index < -0.39 is 13.2 Å². The summed E-state index contributed by atoms with van der Waals surface area (Å²) in [6, 6.07) is 3.07. The number of benzene rings is 1. The normalized spacial score (nSPS) is 11.9. The van der Waals surface area contributed by atoms with Gasteiger partial charge in [0.05, 0.1) is 18.7 Å². The quantitative estimate of drug-likeness (QED) is 0.223. The number of nitrogens with one attached hydrogen (secondary N) is 1. The number of halogens is 5. The van der Waals surface area contributed by atoms with Gasteiger partial charge in [0.25, 0.3) is 0 Å². The molecule has 0 atom stereocenters. The molecule has 0 unspecified atom stereocenters. The van der Waals surface area contributed by atoms with Crippen molar-refractivity contribution in [1.82, 2.24) is 9.97 Å². The van der Waals surface area contributed by atoms with Gasteiger partial charge in [-0.15, -0.1) is 0 Å². The van der Waals surface area contributed by atoms with Crippen LogP contribution >= 0.6 is 11.6 Å². The summed E-state index contributed by atoms with van der Waals surface area (Å²) in [5.41, 5.74) is 1.20. The van der Waals surface area contributed by atoms with Gasteiger partial charge < -0.3 is 24.3 Å². The summed E-state index contributed by atoms with van der Waals surface area (Å²) in [5.74, 6) is 0.758. The maximum atomic E-state index is 12.2. The first-order valence-electron chi connectivity index (χ1n) is 9.46. The van der Waals surface area contributed by atoms with Crippen molar-refractivity contribution in [2.24, 2.45) is 0 Å². The molecule has 32 heavy (non-hydrogen) atoms. The number of alkyl halides is 4. The van der Waals surface area contributed by atoms with E-state index in [1.54, 1.807) is 12.1 Å². The highest BCUT2D eigenvalue weighted by molar-refractivity contribution is 6.30. The highest BCUT2D eigenvalue weighted by Gasteiger charge is 2.14. The third kappa shape index (κ3) is 8.48. The molecule has 1 aromatic heterocycles. The molecule has 1 heterocycles. The molecule has 2 aromatic rings. The van der Waals surface area contributed by atoms with Crippen molar-refractivity contribution in [2.45, 2.75) is 26.6 Å².